The number of hydrogen-bond donors (Lipinski definition) is 2. The van der Waals surface area contributed by atoms with Gasteiger partial charge < -0.3 is 15.3 Å². The zero-order chi connectivity index (χ0) is 11.8. The zero-order valence-electron chi connectivity index (χ0n) is 9.62. The van der Waals surface area contributed by atoms with Crippen molar-refractivity contribution in [2.75, 3.05) is 19.6 Å². The van der Waals surface area contributed by atoms with Gasteiger partial charge in [0.25, 0.3) is 0 Å². The minimum absolute atomic E-state index is 0.0349. The SMILES string of the molecule is CCNCC(=O)N(CC(=O)O)C(C)CC. The second-order valence-corrected chi connectivity index (χ2v) is 3.45. The van der Waals surface area contributed by atoms with E-state index in [-0.39, 0.29) is 25.0 Å². The molecule has 0 aliphatic rings. The maximum atomic E-state index is 11.6. The number of carbonyl (C=O) groups is 2. The second kappa shape index (κ2) is 7.23. The van der Waals surface area contributed by atoms with Gasteiger partial charge in [-0.3, -0.25) is 9.59 Å². The van der Waals surface area contributed by atoms with Crippen LogP contribution in [0, 0.1) is 0 Å². The van der Waals surface area contributed by atoms with Gasteiger partial charge in [0.1, 0.15) is 6.54 Å². The first-order chi connectivity index (χ1) is 7.02. The molecule has 2 N–H and O–H groups in total. The lowest BCUT2D eigenvalue weighted by molar-refractivity contribution is -0.145. The van der Waals surface area contributed by atoms with Gasteiger partial charge in [-0.1, -0.05) is 13.8 Å². The quantitative estimate of drug-likeness (QED) is 0.642. The number of nitrogens with zero attached hydrogens (tertiary/aromatic N) is 1. The van der Waals surface area contributed by atoms with Crippen molar-refractivity contribution in [2.24, 2.45) is 0 Å². The van der Waals surface area contributed by atoms with Gasteiger partial charge in [0.05, 0.1) is 6.54 Å². The predicted molar refractivity (Wildman–Crippen MR) is 57.6 cm³/mol. The van der Waals surface area contributed by atoms with Crippen molar-refractivity contribution in [3.63, 3.8) is 0 Å². The number of likely N-dealkylation sites (N-methyl/N-ethyl adjacent to an activating group) is 1. The maximum absolute atomic E-state index is 11.6. The van der Waals surface area contributed by atoms with Crippen molar-refractivity contribution in [1.82, 2.24) is 10.2 Å². The van der Waals surface area contributed by atoms with Crippen LogP contribution in [0.4, 0.5) is 0 Å². The van der Waals surface area contributed by atoms with Gasteiger partial charge in [0.2, 0.25) is 5.91 Å². The van der Waals surface area contributed by atoms with E-state index >= 15 is 0 Å². The fourth-order valence-corrected chi connectivity index (χ4v) is 1.19. The van der Waals surface area contributed by atoms with Gasteiger partial charge >= 0.3 is 5.97 Å². The van der Waals surface area contributed by atoms with Crippen LogP contribution in [0.1, 0.15) is 27.2 Å². The molecule has 0 aliphatic carbocycles. The molecule has 0 aromatic heterocycles. The van der Waals surface area contributed by atoms with E-state index in [9.17, 15) is 9.59 Å². The Morgan fingerprint density at radius 1 is 1.40 bits per heavy atom. The molecule has 0 fully saturated rings. The Balaban J connectivity index is 4.33. The first kappa shape index (κ1) is 13.9. The Labute approximate surface area is 90.5 Å². The number of carboxylic acids is 1. The number of aliphatic carboxylic acids is 1. The molecule has 0 aliphatic heterocycles. The molecule has 15 heavy (non-hydrogen) atoms. The third-order valence-corrected chi connectivity index (χ3v) is 2.28. The van der Waals surface area contributed by atoms with E-state index in [0.29, 0.717) is 6.54 Å². The molecule has 0 aromatic carbocycles. The molecule has 88 valence electrons. The summed E-state index contributed by atoms with van der Waals surface area (Å²) in [5.74, 6) is -1.13. The molecule has 0 saturated carbocycles. The lowest BCUT2D eigenvalue weighted by atomic mass is 10.2. The number of amides is 1. The number of rotatable bonds is 7. The topological polar surface area (TPSA) is 69.6 Å². The van der Waals surface area contributed by atoms with Crippen molar-refractivity contribution in [3.8, 4) is 0 Å². The van der Waals surface area contributed by atoms with Gasteiger partial charge in [0, 0.05) is 6.04 Å². The van der Waals surface area contributed by atoms with E-state index in [0.717, 1.165) is 6.42 Å². The summed E-state index contributed by atoms with van der Waals surface area (Å²) in [7, 11) is 0. The highest BCUT2D eigenvalue weighted by atomic mass is 16.4. The van der Waals surface area contributed by atoms with Crippen molar-refractivity contribution in [3.05, 3.63) is 0 Å². The molecular weight excluding hydrogens is 196 g/mol. The summed E-state index contributed by atoms with van der Waals surface area (Å²) in [5.41, 5.74) is 0. The fraction of sp³-hybridized carbons (Fsp3) is 0.800. The Morgan fingerprint density at radius 3 is 2.40 bits per heavy atom. The predicted octanol–water partition coefficient (Wildman–Crippen LogP) is 0.308. The molecule has 5 heteroatoms. The maximum Gasteiger partial charge on any atom is 0.323 e. The number of carbonyl (C=O) groups excluding carboxylic acids is 1. The van der Waals surface area contributed by atoms with Crippen LogP contribution in [0.5, 0.6) is 0 Å². The van der Waals surface area contributed by atoms with E-state index in [1.54, 1.807) is 0 Å². The highest BCUT2D eigenvalue weighted by Crippen LogP contribution is 2.03. The largest absolute Gasteiger partial charge is 0.480 e. The van der Waals surface area contributed by atoms with Crippen LogP contribution < -0.4 is 5.32 Å². The van der Waals surface area contributed by atoms with Gasteiger partial charge in [-0.05, 0) is 19.9 Å². The Hall–Kier alpha value is -1.10. The van der Waals surface area contributed by atoms with Crippen molar-refractivity contribution in [1.29, 1.82) is 0 Å². The molecule has 1 unspecified atom stereocenters. The van der Waals surface area contributed by atoms with E-state index in [1.165, 1.54) is 4.90 Å². The molecule has 0 spiro atoms. The lowest BCUT2D eigenvalue weighted by Gasteiger charge is -2.27. The highest BCUT2D eigenvalue weighted by Gasteiger charge is 2.20. The third kappa shape index (κ3) is 5.37. The second-order valence-electron chi connectivity index (χ2n) is 3.45. The zero-order valence-corrected chi connectivity index (χ0v) is 9.62. The summed E-state index contributed by atoms with van der Waals surface area (Å²) < 4.78 is 0. The molecule has 0 aromatic rings. The van der Waals surface area contributed by atoms with E-state index in [2.05, 4.69) is 5.32 Å². The molecule has 1 amide bonds. The highest BCUT2D eigenvalue weighted by molar-refractivity contribution is 5.83. The first-order valence-corrected chi connectivity index (χ1v) is 5.24. The van der Waals surface area contributed by atoms with Crippen LogP contribution in [-0.2, 0) is 9.59 Å². The number of carboxylic acid groups (broad SMARTS) is 1. The molecule has 0 radical (unpaired) electrons. The van der Waals surface area contributed by atoms with E-state index in [1.807, 2.05) is 20.8 Å². The average Bonchev–Trinajstić information content (AvgIpc) is 2.21. The standard InChI is InChI=1S/C10H20N2O3/c1-4-8(3)12(7-10(14)15)9(13)6-11-5-2/h8,11H,4-7H2,1-3H3,(H,14,15). The van der Waals surface area contributed by atoms with Crippen molar-refractivity contribution in [2.45, 2.75) is 33.2 Å². The summed E-state index contributed by atoms with van der Waals surface area (Å²) in [6.45, 7) is 6.37. The van der Waals surface area contributed by atoms with Gasteiger partial charge in [-0.15, -0.1) is 0 Å². The summed E-state index contributed by atoms with van der Waals surface area (Å²) in [5, 5.41) is 11.6. The van der Waals surface area contributed by atoms with Gasteiger partial charge in [-0.25, -0.2) is 0 Å². The van der Waals surface area contributed by atoms with E-state index in [4.69, 9.17) is 5.11 Å². The monoisotopic (exact) mass is 216 g/mol. The summed E-state index contributed by atoms with van der Waals surface area (Å²) >= 11 is 0. The molecule has 0 heterocycles. The molecule has 0 saturated heterocycles. The average molecular weight is 216 g/mol. The van der Waals surface area contributed by atoms with Crippen LogP contribution in [0.3, 0.4) is 0 Å². The minimum atomic E-state index is -0.972. The van der Waals surface area contributed by atoms with Gasteiger partial charge in [-0.2, -0.15) is 0 Å². The van der Waals surface area contributed by atoms with E-state index < -0.39 is 5.97 Å². The minimum Gasteiger partial charge on any atom is -0.480 e. The Kier molecular flexibility index (Phi) is 6.70. The number of hydrogen-bond acceptors (Lipinski definition) is 3. The summed E-state index contributed by atoms with van der Waals surface area (Å²) in [6.07, 6.45) is 0.755. The van der Waals surface area contributed by atoms with Gasteiger partial charge in [0.15, 0.2) is 0 Å². The Bertz CT molecular complexity index is 219. The van der Waals surface area contributed by atoms with Crippen molar-refractivity contribution < 1.29 is 14.7 Å². The smallest absolute Gasteiger partial charge is 0.323 e. The summed E-state index contributed by atoms with van der Waals surface area (Å²) in [6, 6.07) is -0.0349. The Morgan fingerprint density at radius 2 is 2.00 bits per heavy atom. The van der Waals surface area contributed by atoms with Crippen LogP contribution in [0.15, 0.2) is 0 Å². The molecule has 0 rings (SSSR count). The molecule has 5 nitrogen and oxygen atoms in total. The first-order valence-electron chi connectivity index (χ1n) is 5.24. The van der Waals surface area contributed by atoms with Crippen molar-refractivity contribution >= 4 is 11.9 Å². The lowest BCUT2D eigenvalue weighted by Crippen LogP contribution is -2.45. The number of nitrogens with one attached hydrogen (secondary N) is 1. The van der Waals surface area contributed by atoms with Crippen LogP contribution in [0.25, 0.3) is 0 Å². The third-order valence-electron chi connectivity index (χ3n) is 2.28. The fourth-order valence-electron chi connectivity index (χ4n) is 1.19. The molecule has 1 atom stereocenters. The van der Waals surface area contributed by atoms with Crippen LogP contribution >= 0.6 is 0 Å². The van der Waals surface area contributed by atoms with Crippen LogP contribution in [0.2, 0.25) is 0 Å². The van der Waals surface area contributed by atoms with Crippen LogP contribution in [-0.4, -0.2) is 47.6 Å². The summed E-state index contributed by atoms with van der Waals surface area (Å²) in [4.78, 5) is 23.6. The molecule has 0 bridgehead atoms. The normalized spacial score (nSPS) is 12.2. The molecular formula is C10H20N2O3.